The molecular formula is C23H20N4O4. The van der Waals surface area contributed by atoms with Crippen LogP contribution in [0.15, 0.2) is 67.1 Å². The molecule has 4 aromatic rings. The number of methoxy groups -OCH3 is 3. The topological polar surface area (TPSA) is 88.4 Å². The summed E-state index contributed by atoms with van der Waals surface area (Å²) in [5.41, 5.74) is 2.97. The average molecular weight is 416 g/mol. The van der Waals surface area contributed by atoms with Crippen LogP contribution in [0.25, 0.3) is 16.9 Å². The van der Waals surface area contributed by atoms with Crippen LogP contribution in [0.5, 0.6) is 17.2 Å². The van der Waals surface area contributed by atoms with E-state index in [9.17, 15) is 4.79 Å². The second kappa shape index (κ2) is 8.66. The van der Waals surface area contributed by atoms with E-state index in [0.29, 0.717) is 34.1 Å². The molecule has 8 heteroatoms. The fraction of sp³-hybridized carbons (Fsp3) is 0.130. The molecule has 0 saturated heterocycles. The molecule has 31 heavy (non-hydrogen) atoms. The molecule has 4 rings (SSSR count). The van der Waals surface area contributed by atoms with Crippen molar-refractivity contribution in [3.05, 3.63) is 78.2 Å². The molecule has 2 heterocycles. The minimum atomic E-state index is -0.234. The smallest absolute Gasteiger partial charge is 0.203 e. The summed E-state index contributed by atoms with van der Waals surface area (Å²) in [4.78, 5) is 18.0. The minimum Gasteiger partial charge on any atom is -0.493 e. The molecule has 0 fully saturated rings. The second-order valence-electron chi connectivity index (χ2n) is 6.54. The first-order valence-electron chi connectivity index (χ1n) is 9.43. The Morgan fingerprint density at radius 3 is 2.26 bits per heavy atom. The summed E-state index contributed by atoms with van der Waals surface area (Å²) in [6.07, 6.45) is 4.95. The van der Waals surface area contributed by atoms with Gasteiger partial charge in [-0.25, -0.2) is 4.68 Å². The Bertz CT molecular complexity index is 1180. The molecule has 0 saturated carbocycles. The van der Waals surface area contributed by atoms with Gasteiger partial charge in [-0.15, -0.1) is 5.10 Å². The van der Waals surface area contributed by atoms with Gasteiger partial charge in [0.1, 0.15) is 0 Å². The summed E-state index contributed by atoms with van der Waals surface area (Å²) < 4.78 is 17.7. The van der Waals surface area contributed by atoms with E-state index in [4.69, 9.17) is 14.2 Å². The van der Waals surface area contributed by atoms with E-state index in [1.807, 2.05) is 30.3 Å². The number of carbonyl (C=O) groups excluding carboxylic acids is 1. The highest BCUT2D eigenvalue weighted by molar-refractivity contribution is 6.12. The third-order valence-electron chi connectivity index (χ3n) is 4.80. The van der Waals surface area contributed by atoms with Crippen molar-refractivity contribution < 1.29 is 19.0 Å². The molecule has 0 aliphatic carbocycles. The summed E-state index contributed by atoms with van der Waals surface area (Å²) in [5.74, 6) is 0.976. The van der Waals surface area contributed by atoms with Crippen LogP contribution in [0.3, 0.4) is 0 Å². The lowest BCUT2D eigenvalue weighted by molar-refractivity contribution is 0.103. The highest BCUT2D eigenvalue weighted by atomic mass is 16.5. The molecule has 0 aliphatic rings. The normalized spacial score (nSPS) is 10.5. The molecule has 156 valence electrons. The summed E-state index contributed by atoms with van der Waals surface area (Å²) in [6, 6.07) is 14.4. The monoisotopic (exact) mass is 416 g/mol. The van der Waals surface area contributed by atoms with E-state index in [1.54, 1.807) is 41.5 Å². The van der Waals surface area contributed by atoms with Crippen LogP contribution in [0.4, 0.5) is 0 Å². The number of hydrogen-bond acceptors (Lipinski definition) is 7. The first kappa shape index (κ1) is 20.1. The summed E-state index contributed by atoms with van der Waals surface area (Å²) in [5, 5.41) is 7.91. The third-order valence-corrected chi connectivity index (χ3v) is 4.80. The van der Waals surface area contributed by atoms with Gasteiger partial charge in [0, 0.05) is 22.9 Å². The molecule has 0 bridgehead atoms. The highest BCUT2D eigenvalue weighted by Crippen LogP contribution is 2.39. The van der Waals surface area contributed by atoms with Gasteiger partial charge in [-0.1, -0.05) is 17.3 Å². The zero-order chi connectivity index (χ0) is 21.8. The van der Waals surface area contributed by atoms with Gasteiger partial charge >= 0.3 is 0 Å². The molecule has 2 aromatic heterocycles. The van der Waals surface area contributed by atoms with Gasteiger partial charge in [0.05, 0.1) is 45.1 Å². The van der Waals surface area contributed by atoms with Crippen LogP contribution in [-0.4, -0.2) is 47.1 Å². The zero-order valence-corrected chi connectivity index (χ0v) is 17.3. The Morgan fingerprint density at radius 2 is 1.68 bits per heavy atom. The van der Waals surface area contributed by atoms with Gasteiger partial charge in [-0.05, 0) is 36.4 Å². The number of pyridine rings is 1. The largest absolute Gasteiger partial charge is 0.493 e. The van der Waals surface area contributed by atoms with Crippen LogP contribution < -0.4 is 14.2 Å². The van der Waals surface area contributed by atoms with Gasteiger partial charge in [0.25, 0.3) is 0 Å². The molecule has 0 N–H and O–H groups in total. The number of aromatic nitrogens is 4. The Balaban J connectivity index is 1.88. The lowest BCUT2D eigenvalue weighted by atomic mass is 9.97. The minimum absolute atomic E-state index is 0.234. The molecule has 0 unspecified atom stereocenters. The van der Waals surface area contributed by atoms with Crippen LogP contribution in [-0.2, 0) is 0 Å². The Labute approximate surface area is 179 Å². The maximum Gasteiger partial charge on any atom is 0.203 e. The SMILES string of the molecule is COc1cc(C(=O)c2cc(-c3ccccn3)ccc2-n2ccnn2)cc(OC)c1OC. The molecule has 0 amide bonds. The Morgan fingerprint density at radius 1 is 0.903 bits per heavy atom. The summed E-state index contributed by atoms with van der Waals surface area (Å²) in [7, 11) is 4.53. The molecular weight excluding hydrogens is 396 g/mol. The van der Waals surface area contributed by atoms with E-state index in [1.165, 1.54) is 21.3 Å². The third kappa shape index (κ3) is 3.83. The predicted molar refractivity (Wildman–Crippen MR) is 114 cm³/mol. The molecule has 0 aliphatic heterocycles. The quantitative estimate of drug-likeness (QED) is 0.426. The number of ether oxygens (including phenoxy) is 3. The van der Waals surface area contributed by atoms with Crippen molar-refractivity contribution in [1.29, 1.82) is 0 Å². The number of ketones is 1. The van der Waals surface area contributed by atoms with Gasteiger partial charge in [-0.2, -0.15) is 0 Å². The van der Waals surface area contributed by atoms with Crippen LogP contribution in [0, 0.1) is 0 Å². The number of carbonyl (C=O) groups is 1. The van der Waals surface area contributed by atoms with Crippen molar-refractivity contribution in [3.8, 4) is 34.2 Å². The number of benzene rings is 2. The number of nitrogens with zero attached hydrogens (tertiary/aromatic N) is 4. The fourth-order valence-electron chi connectivity index (χ4n) is 3.31. The van der Waals surface area contributed by atoms with Gasteiger partial charge in [0.2, 0.25) is 5.75 Å². The van der Waals surface area contributed by atoms with E-state index in [2.05, 4.69) is 15.3 Å². The zero-order valence-electron chi connectivity index (χ0n) is 17.3. The van der Waals surface area contributed by atoms with E-state index in [0.717, 1.165) is 11.3 Å². The Kier molecular flexibility index (Phi) is 5.61. The van der Waals surface area contributed by atoms with Crippen molar-refractivity contribution in [2.24, 2.45) is 0 Å². The molecule has 0 atom stereocenters. The maximum atomic E-state index is 13.6. The lowest BCUT2D eigenvalue weighted by Gasteiger charge is -2.15. The van der Waals surface area contributed by atoms with Crippen molar-refractivity contribution in [3.63, 3.8) is 0 Å². The first-order chi connectivity index (χ1) is 15.2. The van der Waals surface area contributed by atoms with E-state index < -0.39 is 0 Å². The van der Waals surface area contributed by atoms with E-state index in [-0.39, 0.29) is 5.78 Å². The number of rotatable bonds is 7. The highest BCUT2D eigenvalue weighted by Gasteiger charge is 2.21. The van der Waals surface area contributed by atoms with Crippen LogP contribution >= 0.6 is 0 Å². The average Bonchev–Trinajstić information content (AvgIpc) is 3.37. The van der Waals surface area contributed by atoms with Crippen LogP contribution in [0.2, 0.25) is 0 Å². The van der Waals surface area contributed by atoms with E-state index >= 15 is 0 Å². The molecule has 0 radical (unpaired) electrons. The summed E-state index contributed by atoms with van der Waals surface area (Å²) >= 11 is 0. The molecule has 0 spiro atoms. The van der Waals surface area contributed by atoms with Crippen molar-refractivity contribution >= 4 is 5.78 Å². The summed E-state index contributed by atoms with van der Waals surface area (Å²) in [6.45, 7) is 0. The molecule has 8 nitrogen and oxygen atoms in total. The second-order valence-corrected chi connectivity index (χ2v) is 6.54. The van der Waals surface area contributed by atoms with Crippen molar-refractivity contribution in [2.45, 2.75) is 0 Å². The van der Waals surface area contributed by atoms with Gasteiger partial charge < -0.3 is 14.2 Å². The Hall–Kier alpha value is -4.20. The maximum absolute atomic E-state index is 13.6. The fourth-order valence-corrected chi connectivity index (χ4v) is 3.31. The first-order valence-corrected chi connectivity index (χ1v) is 9.43. The number of hydrogen-bond donors (Lipinski definition) is 0. The lowest BCUT2D eigenvalue weighted by Crippen LogP contribution is -2.10. The van der Waals surface area contributed by atoms with Gasteiger partial charge in [0.15, 0.2) is 17.3 Å². The molecule has 2 aromatic carbocycles. The standard InChI is InChI=1S/C23H20N4O4/c1-29-20-13-16(14-21(30-2)23(20)31-3)22(28)17-12-15(18-6-4-5-9-24-18)7-8-19(17)27-11-10-25-26-27/h4-14H,1-3H3. The van der Waals surface area contributed by atoms with Crippen LogP contribution in [0.1, 0.15) is 15.9 Å². The van der Waals surface area contributed by atoms with Gasteiger partial charge in [-0.3, -0.25) is 9.78 Å². The van der Waals surface area contributed by atoms with Crippen molar-refractivity contribution in [2.75, 3.05) is 21.3 Å². The van der Waals surface area contributed by atoms with Crippen molar-refractivity contribution in [1.82, 2.24) is 20.0 Å². The predicted octanol–water partition coefficient (Wildman–Crippen LogP) is 3.59.